The predicted molar refractivity (Wildman–Crippen MR) is 52.7 cm³/mol. The van der Waals surface area contributed by atoms with Crippen molar-refractivity contribution in [2.75, 3.05) is 0 Å². The Bertz CT molecular complexity index is 373. The quantitative estimate of drug-likeness (QED) is 0.542. The molecule has 0 radical (unpaired) electrons. The summed E-state index contributed by atoms with van der Waals surface area (Å²) in [5.41, 5.74) is 0. The fourth-order valence-electron chi connectivity index (χ4n) is 1.58. The summed E-state index contributed by atoms with van der Waals surface area (Å²) in [6.07, 6.45) is 8.05. The first kappa shape index (κ1) is 7.48. The number of benzene rings is 1. The van der Waals surface area contributed by atoms with E-state index in [1.165, 1.54) is 16.9 Å². The van der Waals surface area contributed by atoms with Gasteiger partial charge in [0.15, 0.2) is 0 Å². The highest BCUT2D eigenvalue weighted by molar-refractivity contribution is 5.47. The fraction of sp³-hybridized carbons (Fsp3) is 0.250. The second-order valence-electron chi connectivity index (χ2n) is 3.23. The molecule has 0 nitrogen and oxygen atoms in total. The van der Waals surface area contributed by atoms with Gasteiger partial charge in [0.1, 0.15) is 11.3 Å². The Morgan fingerprint density at radius 2 is 2.00 bits per heavy atom. The molecule has 0 fully saturated rings. The van der Waals surface area contributed by atoms with Gasteiger partial charge in [-0.2, -0.15) is 0 Å². The third-order valence-electron chi connectivity index (χ3n) is 2.38. The van der Waals surface area contributed by atoms with Crippen LogP contribution in [0.5, 0.6) is 0 Å². The van der Waals surface area contributed by atoms with Gasteiger partial charge in [0.2, 0.25) is 0 Å². The number of hydrogen-bond acceptors (Lipinski definition) is 0. The fourth-order valence-corrected chi connectivity index (χ4v) is 1.58. The summed E-state index contributed by atoms with van der Waals surface area (Å²) in [6, 6.07) is 8.53. The lowest BCUT2D eigenvalue weighted by Gasteiger charge is -2.02. The highest BCUT2D eigenvalue weighted by Crippen LogP contribution is 2.10. The van der Waals surface area contributed by atoms with E-state index >= 15 is 0 Å². The largest absolute Gasteiger partial charge is 0.111 e. The average Bonchev–Trinajstić information content (AvgIpc) is 2.17. The van der Waals surface area contributed by atoms with E-state index in [2.05, 4.69) is 49.8 Å². The first-order valence-electron chi connectivity index (χ1n) is 4.52. The van der Waals surface area contributed by atoms with Crippen LogP contribution in [0.2, 0.25) is 0 Å². The maximum absolute atomic E-state index is 2.34. The standard InChI is InChI=1S/C12H13/c1-2-10-7-8-11-5-3-4-6-12(11)9-10/h3-10H,2H2,1H3/q+1. The van der Waals surface area contributed by atoms with Crippen LogP contribution in [-0.4, -0.2) is 0 Å². The average molecular weight is 157 g/mol. The van der Waals surface area contributed by atoms with Crippen molar-refractivity contribution < 1.29 is 0 Å². The SMILES string of the molecule is CCC1C=c2ccccc2=C[CH+]1. The lowest BCUT2D eigenvalue weighted by molar-refractivity contribution is 0.778. The molecule has 2 rings (SSSR count). The summed E-state index contributed by atoms with van der Waals surface area (Å²) in [4.78, 5) is 0. The third kappa shape index (κ3) is 1.25. The van der Waals surface area contributed by atoms with Crippen molar-refractivity contribution in [1.82, 2.24) is 0 Å². The summed E-state index contributed by atoms with van der Waals surface area (Å²) < 4.78 is 0. The van der Waals surface area contributed by atoms with Gasteiger partial charge in [-0.05, 0) is 24.6 Å². The number of fused-ring (bicyclic) bond motifs is 1. The molecule has 0 bridgehead atoms. The lowest BCUT2D eigenvalue weighted by Crippen LogP contribution is -2.28. The molecule has 0 saturated heterocycles. The van der Waals surface area contributed by atoms with E-state index in [1.54, 1.807) is 0 Å². The molecule has 1 unspecified atom stereocenters. The molecule has 1 aliphatic carbocycles. The van der Waals surface area contributed by atoms with Gasteiger partial charge in [-0.1, -0.05) is 13.0 Å². The van der Waals surface area contributed by atoms with E-state index in [9.17, 15) is 0 Å². The maximum atomic E-state index is 2.34. The van der Waals surface area contributed by atoms with Crippen molar-refractivity contribution in [1.29, 1.82) is 0 Å². The summed E-state index contributed by atoms with van der Waals surface area (Å²) in [5, 5.41) is 2.73. The Balaban J connectivity index is 2.56. The first-order chi connectivity index (χ1) is 5.90. The topological polar surface area (TPSA) is 0 Å². The molecule has 1 atom stereocenters. The molecule has 1 aromatic carbocycles. The second-order valence-corrected chi connectivity index (χ2v) is 3.23. The van der Waals surface area contributed by atoms with Crippen molar-refractivity contribution in [3.63, 3.8) is 0 Å². The lowest BCUT2D eigenvalue weighted by atomic mass is 9.95. The van der Waals surface area contributed by atoms with Crippen molar-refractivity contribution in [3.8, 4) is 0 Å². The molecule has 60 valence electrons. The van der Waals surface area contributed by atoms with Crippen LogP contribution >= 0.6 is 0 Å². The maximum Gasteiger partial charge on any atom is 0.111 e. The Morgan fingerprint density at radius 3 is 2.75 bits per heavy atom. The Hall–Kier alpha value is -1.17. The molecule has 1 aliphatic rings. The Labute approximate surface area is 73.2 Å². The van der Waals surface area contributed by atoms with Gasteiger partial charge in [0.05, 0.1) is 11.1 Å². The summed E-state index contributed by atoms with van der Waals surface area (Å²) in [5.74, 6) is 0.639. The van der Waals surface area contributed by atoms with Gasteiger partial charge in [0.25, 0.3) is 0 Å². The van der Waals surface area contributed by atoms with Crippen molar-refractivity contribution >= 4 is 12.2 Å². The van der Waals surface area contributed by atoms with Crippen LogP contribution in [0.25, 0.3) is 12.2 Å². The van der Waals surface area contributed by atoms with Crippen LogP contribution in [0.4, 0.5) is 0 Å². The Morgan fingerprint density at radius 1 is 1.25 bits per heavy atom. The number of rotatable bonds is 1. The number of hydrogen-bond donors (Lipinski definition) is 0. The third-order valence-corrected chi connectivity index (χ3v) is 2.38. The van der Waals surface area contributed by atoms with Gasteiger partial charge in [-0.15, -0.1) is 0 Å². The molecular weight excluding hydrogens is 144 g/mol. The van der Waals surface area contributed by atoms with Gasteiger partial charge in [-0.3, -0.25) is 0 Å². The zero-order valence-corrected chi connectivity index (χ0v) is 7.33. The molecule has 0 spiro atoms. The van der Waals surface area contributed by atoms with Gasteiger partial charge in [-0.25, -0.2) is 0 Å². The van der Waals surface area contributed by atoms with Crippen LogP contribution in [0, 0.1) is 12.3 Å². The zero-order chi connectivity index (χ0) is 8.39. The van der Waals surface area contributed by atoms with Crippen molar-refractivity contribution in [2.45, 2.75) is 13.3 Å². The molecule has 0 N–H and O–H groups in total. The van der Waals surface area contributed by atoms with Crippen molar-refractivity contribution in [3.05, 3.63) is 41.1 Å². The monoisotopic (exact) mass is 157 g/mol. The van der Waals surface area contributed by atoms with E-state index in [4.69, 9.17) is 0 Å². The highest BCUT2D eigenvalue weighted by Gasteiger charge is 2.10. The molecule has 0 aromatic heterocycles. The summed E-state index contributed by atoms with van der Waals surface area (Å²) in [7, 11) is 0. The molecule has 0 heterocycles. The molecule has 0 saturated carbocycles. The smallest absolute Gasteiger partial charge is 0.0628 e. The van der Waals surface area contributed by atoms with Crippen LogP contribution < -0.4 is 10.4 Å². The minimum Gasteiger partial charge on any atom is -0.0628 e. The first-order valence-corrected chi connectivity index (χ1v) is 4.52. The molecule has 0 amide bonds. The van der Waals surface area contributed by atoms with Gasteiger partial charge >= 0.3 is 0 Å². The minimum atomic E-state index is 0.639. The predicted octanol–water partition coefficient (Wildman–Crippen LogP) is 1.49. The molecule has 0 aliphatic heterocycles. The zero-order valence-electron chi connectivity index (χ0n) is 7.33. The highest BCUT2D eigenvalue weighted by atomic mass is 14.1. The van der Waals surface area contributed by atoms with Crippen LogP contribution in [0.1, 0.15) is 13.3 Å². The molecule has 0 heteroatoms. The van der Waals surface area contributed by atoms with E-state index < -0.39 is 0 Å². The Kier molecular flexibility index (Phi) is 1.91. The molecular formula is C12H13+. The van der Waals surface area contributed by atoms with Crippen LogP contribution in [0.15, 0.2) is 24.3 Å². The van der Waals surface area contributed by atoms with Gasteiger partial charge < -0.3 is 0 Å². The van der Waals surface area contributed by atoms with Crippen molar-refractivity contribution in [2.24, 2.45) is 5.92 Å². The second kappa shape index (κ2) is 3.06. The van der Waals surface area contributed by atoms with Crippen LogP contribution in [-0.2, 0) is 0 Å². The minimum absolute atomic E-state index is 0.639. The summed E-state index contributed by atoms with van der Waals surface area (Å²) >= 11 is 0. The van der Waals surface area contributed by atoms with Crippen LogP contribution in [0.3, 0.4) is 0 Å². The van der Waals surface area contributed by atoms with E-state index in [0.29, 0.717) is 5.92 Å². The van der Waals surface area contributed by atoms with Gasteiger partial charge in [0, 0.05) is 12.5 Å². The van der Waals surface area contributed by atoms with E-state index in [-0.39, 0.29) is 0 Å². The van der Waals surface area contributed by atoms with E-state index in [0.717, 1.165) is 0 Å². The summed E-state index contributed by atoms with van der Waals surface area (Å²) in [6.45, 7) is 2.22. The molecule has 1 aromatic rings. The molecule has 12 heavy (non-hydrogen) atoms. The van der Waals surface area contributed by atoms with E-state index in [1.807, 2.05) is 0 Å². The normalized spacial score (nSPS) is 19.9.